The lowest BCUT2D eigenvalue weighted by Crippen LogP contribution is -2.37. The standard InChI is InChI=1S/C56H100NO8P/c1-6-8-10-12-14-16-18-20-22-23-24-25-26-27-28-29-30-31-32-33-35-37-39-41-43-45-47-49-56(59)65-54(53-64-66(60,61)63-51-50-57(3,4)5)52-62-55(58)48-46-44-42-40-38-36-34-21-19-17-15-13-11-9-7-2/h8,10,14,16,20,22,24-25,27-28,30-31,54H,6-7,9,11-13,15,17-19,21,23,26,29,32-53H2,1-5H3/b10-8-,16-14-,22-20-,25-24-,28-27-,31-30-. The molecular weight excluding hydrogens is 846 g/mol. The van der Waals surface area contributed by atoms with Gasteiger partial charge in [-0.15, -0.1) is 0 Å². The number of hydrogen-bond donors (Lipinski definition) is 0. The molecule has 0 heterocycles. The summed E-state index contributed by atoms with van der Waals surface area (Å²) in [5, 5.41) is 0. The summed E-state index contributed by atoms with van der Waals surface area (Å²) in [6, 6.07) is 0. The molecule has 2 unspecified atom stereocenters. The van der Waals surface area contributed by atoms with Crippen molar-refractivity contribution in [2.45, 2.75) is 225 Å². The van der Waals surface area contributed by atoms with Gasteiger partial charge < -0.3 is 27.9 Å². The van der Waals surface area contributed by atoms with Gasteiger partial charge in [-0.05, 0) is 64.2 Å². The molecule has 382 valence electrons. The summed E-state index contributed by atoms with van der Waals surface area (Å²) in [5.41, 5.74) is 0. The van der Waals surface area contributed by atoms with E-state index < -0.39 is 26.5 Å². The third kappa shape index (κ3) is 50.9. The molecule has 0 aliphatic carbocycles. The van der Waals surface area contributed by atoms with Gasteiger partial charge >= 0.3 is 11.9 Å². The summed E-state index contributed by atoms with van der Waals surface area (Å²) in [5.74, 6) is -0.841. The number of esters is 2. The van der Waals surface area contributed by atoms with E-state index in [1.807, 2.05) is 21.1 Å². The molecule has 0 rings (SSSR count). The van der Waals surface area contributed by atoms with Gasteiger partial charge in [0.2, 0.25) is 0 Å². The quantitative estimate of drug-likeness (QED) is 0.0195. The van der Waals surface area contributed by atoms with E-state index in [9.17, 15) is 19.0 Å². The van der Waals surface area contributed by atoms with Gasteiger partial charge in [-0.1, -0.05) is 215 Å². The van der Waals surface area contributed by atoms with Crippen LogP contribution < -0.4 is 4.89 Å². The number of ether oxygens (including phenoxy) is 2. The van der Waals surface area contributed by atoms with Crippen LogP contribution in [0, 0.1) is 0 Å². The Morgan fingerprint density at radius 1 is 0.485 bits per heavy atom. The van der Waals surface area contributed by atoms with E-state index in [-0.39, 0.29) is 32.0 Å². The molecule has 66 heavy (non-hydrogen) atoms. The zero-order valence-electron chi connectivity index (χ0n) is 43.1. The van der Waals surface area contributed by atoms with Crippen LogP contribution in [-0.4, -0.2) is 70.0 Å². The summed E-state index contributed by atoms with van der Waals surface area (Å²) in [7, 11) is 1.16. The van der Waals surface area contributed by atoms with Crippen LogP contribution in [0.2, 0.25) is 0 Å². The maximum Gasteiger partial charge on any atom is 0.306 e. The lowest BCUT2D eigenvalue weighted by molar-refractivity contribution is -0.870. The van der Waals surface area contributed by atoms with Crippen LogP contribution in [0.4, 0.5) is 0 Å². The van der Waals surface area contributed by atoms with E-state index in [0.717, 1.165) is 83.5 Å². The molecule has 0 fully saturated rings. The van der Waals surface area contributed by atoms with Crippen molar-refractivity contribution in [1.29, 1.82) is 0 Å². The van der Waals surface area contributed by atoms with Crippen LogP contribution in [0.1, 0.15) is 219 Å². The van der Waals surface area contributed by atoms with Crippen LogP contribution in [0.5, 0.6) is 0 Å². The SMILES string of the molecule is CC/C=C\C/C=C\C/C=C\C/C=C\C/C=C\C/C=C\CCCCCCCCCCC(=O)OC(COC(=O)CCCCCCCCCCCCCCCCC)COP(=O)([O-])OCC[N+](C)(C)C. The normalized spacial score (nSPS) is 14.0. The topological polar surface area (TPSA) is 111 Å². The molecule has 9 nitrogen and oxygen atoms in total. The molecule has 0 saturated heterocycles. The van der Waals surface area contributed by atoms with Crippen molar-refractivity contribution >= 4 is 19.8 Å². The fourth-order valence-electron chi connectivity index (χ4n) is 7.13. The van der Waals surface area contributed by atoms with Gasteiger partial charge in [-0.3, -0.25) is 14.2 Å². The second-order valence-corrected chi connectivity index (χ2v) is 20.3. The van der Waals surface area contributed by atoms with Crippen LogP contribution in [-0.2, 0) is 32.7 Å². The number of phosphoric ester groups is 1. The Morgan fingerprint density at radius 3 is 1.29 bits per heavy atom. The van der Waals surface area contributed by atoms with Crippen molar-refractivity contribution in [2.75, 3.05) is 47.5 Å². The number of phosphoric acid groups is 1. The highest BCUT2D eigenvalue weighted by Crippen LogP contribution is 2.38. The minimum atomic E-state index is -4.64. The molecule has 2 atom stereocenters. The first-order valence-corrected chi connectivity index (χ1v) is 28.1. The third-order valence-corrected chi connectivity index (χ3v) is 12.2. The second kappa shape index (κ2) is 47.5. The second-order valence-electron chi connectivity index (χ2n) is 18.9. The number of unbranched alkanes of at least 4 members (excludes halogenated alkanes) is 22. The van der Waals surface area contributed by atoms with E-state index in [1.165, 1.54) is 103 Å². The number of quaternary nitrogens is 1. The smallest absolute Gasteiger partial charge is 0.306 e. The van der Waals surface area contributed by atoms with E-state index in [4.69, 9.17) is 18.5 Å². The summed E-state index contributed by atoms with van der Waals surface area (Å²) in [6.45, 7) is 4.12. The van der Waals surface area contributed by atoms with Gasteiger partial charge in [0.15, 0.2) is 6.10 Å². The molecule has 0 aromatic rings. The molecule has 0 aliphatic heterocycles. The number of carbonyl (C=O) groups is 2. The molecular formula is C56H100NO8P. The number of hydrogen-bond acceptors (Lipinski definition) is 8. The number of rotatable bonds is 48. The van der Waals surface area contributed by atoms with Crippen molar-refractivity contribution in [3.63, 3.8) is 0 Å². The number of carbonyl (C=O) groups excluding carboxylic acids is 2. The maximum atomic E-state index is 12.8. The Hall–Kier alpha value is -2.55. The van der Waals surface area contributed by atoms with Crippen molar-refractivity contribution in [3.8, 4) is 0 Å². The van der Waals surface area contributed by atoms with Crippen molar-refractivity contribution in [3.05, 3.63) is 72.9 Å². The largest absolute Gasteiger partial charge is 0.756 e. The summed E-state index contributed by atoms with van der Waals surface area (Å²) in [6.07, 6.45) is 60.7. The predicted octanol–water partition coefficient (Wildman–Crippen LogP) is 15.5. The van der Waals surface area contributed by atoms with Gasteiger partial charge in [0.05, 0.1) is 27.7 Å². The average molecular weight is 946 g/mol. The molecule has 10 heteroatoms. The Labute approximate surface area is 406 Å². The van der Waals surface area contributed by atoms with Gasteiger partial charge in [-0.2, -0.15) is 0 Å². The van der Waals surface area contributed by atoms with Crippen molar-refractivity contribution in [1.82, 2.24) is 0 Å². The van der Waals surface area contributed by atoms with Crippen LogP contribution in [0.25, 0.3) is 0 Å². The monoisotopic (exact) mass is 946 g/mol. The fourth-order valence-corrected chi connectivity index (χ4v) is 7.86. The van der Waals surface area contributed by atoms with Crippen molar-refractivity contribution in [2.24, 2.45) is 0 Å². The van der Waals surface area contributed by atoms with E-state index >= 15 is 0 Å². The third-order valence-electron chi connectivity index (χ3n) is 11.2. The predicted molar refractivity (Wildman–Crippen MR) is 277 cm³/mol. The van der Waals surface area contributed by atoms with Gasteiger partial charge in [0.25, 0.3) is 7.82 Å². The molecule has 0 saturated carbocycles. The Balaban J connectivity index is 4.23. The first-order valence-electron chi connectivity index (χ1n) is 26.6. The van der Waals surface area contributed by atoms with Gasteiger partial charge in [-0.25, -0.2) is 0 Å². The van der Waals surface area contributed by atoms with Crippen LogP contribution in [0.15, 0.2) is 72.9 Å². The molecule has 0 N–H and O–H groups in total. The zero-order valence-corrected chi connectivity index (χ0v) is 44.0. The molecule has 0 spiro atoms. The fraction of sp³-hybridized carbons (Fsp3) is 0.750. The summed E-state index contributed by atoms with van der Waals surface area (Å²) >= 11 is 0. The molecule has 0 aromatic heterocycles. The Kier molecular flexibility index (Phi) is 45.7. The average Bonchev–Trinajstić information content (AvgIpc) is 3.27. The lowest BCUT2D eigenvalue weighted by atomic mass is 10.0. The Bertz CT molecular complexity index is 1350. The molecule has 0 amide bonds. The maximum absolute atomic E-state index is 12.8. The highest BCUT2D eigenvalue weighted by molar-refractivity contribution is 7.45. The highest BCUT2D eigenvalue weighted by Gasteiger charge is 2.21. The summed E-state index contributed by atoms with van der Waals surface area (Å²) in [4.78, 5) is 37.7. The number of likely N-dealkylation sites (N-methyl/N-ethyl adjacent to an activating group) is 1. The van der Waals surface area contributed by atoms with E-state index in [1.54, 1.807) is 0 Å². The van der Waals surface area contributed by atoms with E-state index in [2.05, 4.69) is 86.8 Å². The number of nitrogens with zero attached hydrogens (tertiary/aromatic N) is 1. The van der Waals surface area contributed by atoms with Crippen molar-refractivity contribution < 1.29 is 42.1 Å². The first-order chi connectivity index (χ1) is 32.0. The first kappa shape index (κ1) is 63.5. The van der Waals surface area contributed by atoms with Crippen LogP contribution in [0.3, 0.4) is 0 Å². The van der Waals surface area contributed by atoms with Crippen LogP contribution >= 0.6 is 7.82 Å². The summed E-state index contributed by atoms with van der Waals surface area (Å²) < 4.78 is 34.1. The minimum Gasteiger partial charge on any atom is -0.756 e. The molecule has 0 aliphatic rings. The molecule has 0 radical (unpaired) electrons. The minimum absolute atomic E-state index is 0.0344. The van der Waals surface area contributed by atoms with E-state index in [0.29, 0.717) is 17.4 Å². The number of allylic oxidation sites excluding steroid dienone is 12. The highest BCUT2D eigenvalue weighted by atomic mass is 31.2. The molecule has 0 aromatic carbocycles. The zero-order chi connectivity index (χ0) is 48.5. The van der Waals surface area contributed by atoms with Gasteiger partial charge in [0, 0.05) is 12.8 Å². The molecule has 0 bridgehead atoms. The Morgan fingerprint density at radius 2 is 0.864 bits per heavy atom. The van der Waals surface area contributed by atoms with Gasteiger partial charge in [0.1, 0.15) is 19.8 Å². The lowest BCUT2D eigenvalue weighted by Gasteiger charge is -2.28.